The lowest BCUT2D eigenvalue weighted by Crippen LogP contribution is -2.32. The zero-order valence-electron chi connectivity index (χ0n) is 9.72. The Balaban J connectivity index is 2.36. The van der Waals surface area contributed by atoms with Gasteiger partial charge in [0, 0.05) is 0 Å². The van der Waals surface area contributed by atoms with Crippen LogP contribution < -0.4 is 0 Å². The Hall–Kier alpha value is -0.570. The highest BCUT2D eigenvalue weighted by Crippen LogP contribution is 2.41. The summed E-state index contributed by atoms with van der Waals surface area (Å²) < 4.78 is 0. The van der Waals surface area contributed by atoms with Crippen LogP contribution in [0.1, 0.15) is 47.5 Å². The van der Waals surface area contributed by atoms with Crippen molar-refractivity contribution >= 4 is 5.97 Å². The quantitative estimate of drug-likeness (QED) is 0.519. The van der Waals surface area contributed by atoms with Crippen molar-refractivity contribution in [2.45, 2.75) is 53.1 Å². The molecule has 1 aliphatic rings. The Morgan fingerprint density at radius 2 is 1.64 bits per heavy atom. The standard InChI is InChI=1S/C11H20O3/c1-10(2,3)9(12)13-14-11(4,5)8-6-7-8/h8H,6-7H2,1-5H3. The number of hydrogen-bond acceptors (Lipinski definition) is 3. The predicted octanol–water partition coefficient (Wildman–Crippen LogP) is 2.70. The topological polar surface area (TPSA) is 35.5 Å². The molecule has 0 aromatic heterocycles. The van der Waals surface area contributed by atoms with Gasteiger partial charge in [0.2, 0.25) is 0 Å². The van der Waals surface area contributed by atoms with Gasteiger partial charge in [-0.05, 0) is 53.4 Å². The zero-order chi connectivity index (χ0) is 11.0. The number of rotatable bonds is 3. The molecule has 0 saturated heterocycles. The fourth-order valence-corrected chi connectivity index (χ4v) is 1.12. The molecule has 0 radical (unpaired) electrons. The molecule has 1 aliphatic carbocycles. The molecule has 0 unspecified atom stereocenters. The fraction of sp³-hybridized carbons (Fsp3) is 0.909. The van der Waals surface area contributed by atoms with Gasteiger partial charge in [0.25, 0.3) is 0 Å². The molecule has 0 spiro atoms. The van der Waals surface area contributed by atoms with E-state index >= 15 is 0 Å². The second-order valence-corrected chi connectivity index (χ2v) is 5.58. The highest BCUT2D eigenvalue weighted by molar-refractivity contribution is 5.74. The van der Waals surface area contributed by atoms with E-state index in [1.54, 1.807) is 0 Å². The molecule has 0 bridgehead atoms. The lowest BCUT2D eigenvalue weighted by Gasteiger charge is -2.24. The van der Waals surface area contributed by atoms with Crippen LogP contribution in [-0.2, 0) is 14.6 Å². The lowest BCUT2D eigenvalue weighted by molar-refractivity contribution is -0.334. The van der Waals surface area contributed by atoms with Crippen molar-refractivity contribution in [3.8, 4) is 0 Å². The van der Waals surface area contributed by atoms with E-state index in [1.165, 1.54) is 12.8 Å². The van der Waals surface area contributed by atoms with E-state index in [9.17, 15) is 4.79 Å². The van der Waals surface area contributed by atoms with Gasteiger partial charge in [-0.25, -0.2) is 4.79 Å². The smallest absolute Gasteiger partial charge is 0.297 e. The Kier molecular flexibility index (Phi) is 2.91. The van der Waals surface area contributed by atoms with E-state index in [0.29, 0.717) is 5.92 Å². The SMILES string of the molecule is CC(C)(C)C(=O)OOC(C)(C)C1CC1. The molecule has 0 aliphatic heterocycles. The van der Waals surface area contributed by atoms with Crippen molar-refractivity contribution in [1.29, 1.82) is 0 Å². The highest BCUT2D eigenvalue weighted by atomic mass is 17.2. The number of carbonyl (C=O) groups excluding carboxylic acids is 1. The van der Waals surface area contributed by atoms with Gasteiger partial charge < -0.3 is 0 Å². The normalized spacial score (nSPS) is 18.1. The van der Waals surface area contributed by atoms with Gasteiger partial charge in [-0.3, -0.25) is 4.89 Å². The summed E-state index contributed by atoms with van der Waals surface area (Å²) in [5.41, 5.74) is -0.833. The number of hydrogen-bond donors (Lipinski definition) is 0. The molecule has 0 heterocycles. The van der Waals surface area contributed by atoms with Crippen LogP contribution in [0.25, 0.3) is 0 Å². The van der Waals surface area contributed by atoms with Gasteiger partial charge in [-0.1, -0.05) is 0 Å². The van der Waals surface area contributed by atoms with Crippen LogP contribution in [0.5, 0.6) is 0 Å². The zero-order valence-corrected chi connectivity index (χ0v) is 9.72. The van der Waals surface area contributed by atoms with E-state index in [0.717, 1.165) is 0 Å². The van der Waals surface area contributed by atoms with Crippen LogP contribution >= 0.6 is 0 Å². The van der Waals surface area contributed by atoms with Crippen molar-refractivity contribution in [2.24, 2.45) is 11.3 Å². The van der Waals surface area contributed by atoms with Crippen LogP contribution in [0.4, 0.5) is 0 Å². The molecule has 0 N–H and O–H groups in total. The van der Waals surface area contributed by atoms with Gasteiger partial charge in [0.1, 0.15) is 5.60 Å². The van der Waals surface area contributed by atoms with Crippen LogP contribution in [0.3, 0.4) is 0 Å². The minimum absolute atomic E-state index is 0.314. The fourth-order valence-electron chi connectivity index (χ4n) is 1.12. The molecule has 1 rings (SSSR count). The molecule has 0 atom stereocenters. The van der Waals surface area contributed by atoms with Crippen LogP contribution in [0.15, 0.2) is 0 Å². The van der Waals surface area contributed by atoms with Crippen molar-refractivity contribution in [2.75, 3.05) is 0 Å². The van der Waals surface area contributed by atoms with Gasteiger partial charge in [-0.2, -0.15) is 4.89 Å². The summed E-state index contributed by atoms with van der Waals surface area (Å²) in [5, 5.41) is 0. The maximum absolute atomic E-state index is 11.4. The van der Waals surface area contributed by atoms with E-state index in [4.69, 9.17) is 9.78 Å². The number of carbonyl (C=O) groups is 1. The van der Waals surface area contributed by atoms with Gasteiger partial charge in [0.05, 0.1) is 5.41 Å². The average molecular weight is 200 g/mol. The third kappa shape index (κ3) is 2.98. The second-order valence-electron chi connectivity index (χ2n) is 5.58. The molecule has 1 saturated carbocycles. The molecule has 82 valence electrons. The van der Waals surface area contributed by atoms with Gasteiger partial charge in [-0.15, -0.1) is 0 Å². The Morgan fingerprint density at radius 1 is 1.14 bits per heavy atom. The third-order valence-corrected chi connectivity index (χ3v) is 2.51. The molecule has 0 aromatic carbocycles. The van der Waals surface area contributed by atoms with E-state index in [1.807, 2.05) is 34.6 Å². The summed E-state index contributed by atoms with van der Waals surface area (Å²) in [7, 11) is 0. The van der Waals surface area contributed by atoms with Gasteiger partial charge >= 0.3 is 5.97 Å². The molecule has 14 heavy (non-hydrogen) atoms. The Bertz CT molecular complexity index is 221. The van der Waals surface area contributed by atoms with E-state index in [-0.39, 0.29) is 11.6 Å². The molecule has 3 nitrogen and oxygen atoms in total. The van der Waals surface area contributed by atoms with Crippen molar-refractivity contribution in [1.82, 2.24) is 0 Å². The molecular formula is C11H20O3. The van der Waals surface area contributed by atoms with Crippen LogP contribution in [0.2, 0.25) is 0 Å². The monoisotopic (exact) mass is 200 g/mol. The van der Waals surface area contributed by atoms with E-state index in [2.05, 4.69) is 0 Å². The third-order valence-electron chi connectivity index (χ3n) is 2.51. The predicted molar refractivity (Wildman–Crippen MR) is 53.4 cm³/mol. The first-order valence-corrected chi connectivity index (χ1v) is 5.13. The maximum Gasteiger partial charge on any atom is 0.347 e. The summed E-state index contributed by atoms with van der Waals surface area (Å²) in [6, 6.07) is 0. The summed E-state index contributed by atoms with van der Waals surface area (Å²) in [6.45, 7) is 9.34. The molecule has 0 aromatic rings. The second kappa shape index (κ2) is 3.54. The van der Waals surface area contributed by atoms with Gasteiger partial charge in [0.15, 0.2) is 0 Å². The maximum atomic E-state index is 11.4. The first-order chi connectivity index (χ1) is 6.23. The minimum atomic E-state index is -0.500. The molecule has 3 heteroatoms. The first kappa shape index (κ1) is 11.5. The highest BCUT2D eigenvalue weighted by Gasteiger charge is 2.41. The minimum Gasteiger partial charge on any atom is -0.297 e. The summed E-state index contributed by atoms with van der Waals surface area (Å²) in [5.74, 6) is 0.224. The first-order valence-electron chi connectivity index (χ1n) is 5.13. The Morgan fingerprint density at radius 3 is 2.00 bits per heavy atom. The lowest BCUT2D eigenvalue weighted by atomic mass is 9.98. The molecule has 1 fully saturated rings. The largest absolute Gasteiger partial charge is 0.347 e. The van der Waals surface area contributed by atoms with Crippen LogP contribution in [0, 0.1) is 11.3 Å². The summed E-state index contributed by atoms with van der Waals surface area (Å²) in [6.07, 6.45) is 2.33. The van der Waals surface area contributed by atoms with Crippen molar-refractivity contribution < 1.29 is 14.6 Å². The van der Waals surface area contributed by atoms with E-state index < -0.39 is 5.41 Å². The Labute approximate surface area is 85.7 Å². The van der Waals surface area contributed by atoms with Crippen molar-refractivity contribution in [3.63, 3.8) is 0 Å². The summed E-state index contributed by atoms with van der Waals surface area (Å²) in [4.78, 5) is 21.4. The van der Waals surface area contributed by atoms with Crippen LogP contribution in [-0.4, -0.2) is 11.6 Å². The van der Waals surface area contributed by atoms with Crippen molar-refractivity contribution in [3.05, 3.63) is 0 Å². The molecular weight excluding hydrogens is 180 g/mol. The summed E-state index contributed by atoms with van der Waals surface area (Å²) >= 11 is 0. The average Bonchev–Trinajstić information content (AvgIpc) is 2.80. The molecule has 0 amide bonds.